The fourth-order valence-corrected chi connectivity index (χ4v) is 3.93. The molecule has 4 aromatic rings. The molecule has 0 bridgehead atoms. The van der Waals surface area contributed by atoms with Gasteiger partial charge in [-0.25, -0.2) is 4.98 Å². The van der Waals surface area contributed by atoms with Crippen molar-refractivity contribution in [3.63, 3.8) is 0 Å². The quantitative estimate of drug-likeness (QED) is 0.143. The number of carboxylic acid groups (broad SMARTS) is 2. The van der Waals surface area contributed by atoms with Crippen molar-refractivity contribution < 1.29 is 38.4 Å². The molecule has 12 heteroatoms. The zero-order valence-corrected chi connectivity index (χ0v) is 18.9. The Bertz CT molecular complexity index is 1540. The normalized spacial score (nSPS) is 12.0. The first-order chi connectivity index (χ1) is 17.5. The fraction of sp³-hybridized carbons (Fsp3) is 0.120. The summed E-state index contributed by atoms with van der Waals surface area (Å²) in [7, 11) is 0. The van der Waals surface area contributed by atoms with Crippen LogP contribution in [0.2, 0.25) is 0 Å². The Morgan fingerprint density at radius 3 is 2.46 bits per heavy atom. The van der Waals surface area contributed by atoms with Gasteiger partial charge in [0.15, 0.2) is 0 Å². The molecule has 1 unspecified atom stereocenters. The fourth-order valence-electron chi connectivity index (χ4n) is 3.93. The van der Waals surface area contributed by atoms with E-state index in [2.05, 4.69) is 14.7 Å². The maximum atomic E-state index is 12.8. The number of nitrogen functional groups attached to an aromatic ring is 1. The summed E-state index contributed by atoms with van der Waals surface area (Å²) in [6.07, 6.45) is -0.740. The number of imidazole rings is 1. The average Bonchev–Trinajstić information content (AvgIpc) is 3.25. The minimum atomic E-state index is -3.09. The molecular weight excluding hydrogens is 490 g/mol. The van der Waals surface area contributed by atoms with E-state index in [0.717, 1.165) is 0 Å². The van der Waals surface area contributed by atoms with Gasteiger partial charge in [-0.05, 0) is 53.6 Å². The Morgan fingerprint density at radius 1 is 1.08 bits per heavy atom. The maximum absolute atomic E-state index is 12.8. The van der Waals surface area contributed by atoms with Crippen LogP contribution in [-0.4, -0.2) is 49.7 Å². The number of carboxylic acids is 2. The number of aromatic amines is 1. The number of benzene rings is 3. The molecule has 190 valence electrons. The lowest BCUT2D eigenvalue weighted by molar-refractivity contribution is -0.145. The summed E-state index contributed by atoms with van der Waals surface area (Å²) < 4.78 is 29.9. The van der Waals surface area contributed by atoms with Crippen LogP contribution in [0.3, 0.4) is 0 Å². The van der Waals surface area contributed by atoms with Gasteiger partial charge in [-0.1, -0.05) is 12.1 Å². The summed E-state index contributed by atoms with van der Waals surface area (Å²) in [6.45, 7) is -3.09. The molecule has 1 atom stereocenters. The minimum Gasteiger partial charge on any atom is -0.507 e. The number of hydrogen-bond acceptors (Lipinski definition) is 6. The predicted molar refractivity (Wildman–Crippen MR) is 129 cm³/mol. The third-order valence-electron chi connectivity index (χ3n) is 5.63. The number of H-pyrrole nitrogens is 1. The van der Waals surface area contributed by atoms with Gasteiger partial charge in [0.2, 0.25) is 0 Å². The van der Waals surface area contributed by atoms with E-state index < -0.39 is 30.9 Å². The first kappa shape index (κ1) is 25.1. The molecule has 0 saturated carbocycles. The second-order valence-electron chi connectivity index (χ2n) is 8.09. The van der Waals surface area contributed by atoms with E-state index in [0.29, 0.717) is 16.6 Å². The SMILES string of the molecule is N=C(N)c1ccc2nc(-c3cc(C(CC(=O)O)C(=O)O)cc(-c4cccc(OC(F)F)c4)c3O)[nH]c2c1. The number of aromatic hydroxyl groups is 1. The van der Waals surface area contributed by atoms with Crippen molar-refractivity contribution in [1.82, 2.24) is 9.97 Å². The number of phenolic OH excluding ortho intramolecular Hbond substituents is 1. The third-order valence-corrected chi connectivity index (χ3v) is 5.63. The first-order valence-corrected chi connectivity index (χ1v) is 10.7. The lowest BCUT2D eigenvalue weighted by Gasteiger charge is -2.17. The minimum absolute atomic E-state index is 0.0442. The molecule has 4 rings (SSSR count). The molecule has 10 nitrogen and oxygen atoms in total. The number of nitrogens with one attached hydrogen (secondary N) is 2. The summed E-state index contributed by atoms with van der Waals surface area (Å²) in [5.41, 5.74) is 7.25. The molecule has 37 heavy (non-hydrogen) atoms. The second-order valence-corrected chi connectivity index (χ2v) is 8.09. The molecule has 0 aliphatic heterocycles. The Kier molecular flexibility index (Phi) is 6.74. The van der Waals surface area contributed by atoms with E-state index in [-0.39, 0.29) is 45.4 Å². The number of aromatic nitrogens is 2. The van der Waals surface area contributed by atoms with Crippen LogP contribution >= 0.6 is 0 Å². The van der Waals surface area contributed by atoms with E-state index in [1.54, 1.807) is 18.2 Å². The van der Waals surface area contributed by atoms with Gasteiger partial charge in [-0.2, -0.15) is 8.78 Å². The number of hydrogen-bond donors (Lipinski definition) is 6. The van der Waals surface area contributed by atoms with Crippen LogP contribution in [0.5, 0.6) is 11.5 Å². The Hall–Kier alpha value is -5.00. The summed E-state index contributed by atoms with van der Waals surface area (Å²) in [4.78, 5) is 30.7. The number of halogens is 2. The van der Waals surface area contributed by atoms with Crippen LogP contribution < -0.4 is 10.5 Å². The number of nitrogens with two attached hydrogens (primary N) is 1. The topological polar surface area (TPSA) is 183 Å². The van der Waals surface area contributed by atoms with Gasteiger partial charge in [0.1, 0.15) is 23.2 Å². The van der Waals surface area contributed by atoms with Crippen molar-refractivity contribution in [1.29, 1.82) is 5.41 Å². The highest BCUT2D eigenvalue weighted by molar-refractivity contribution is 5.98. The molecule has 0 aliphatic carbocycles. The molecule has 1 aromatic heterocycles. The average molecular weight is 510 g/mol. The first-order valence-electron chi connectivity index (χ1n) is 10.7. The predicted octanol–water partition coefficient (Wildman–Crippen LogP) is 4.13. The van der Waals surface area contributed by atoms with Crippen LogP contribution in [0, 0.1) is 5.41 Å². The van der Waals surface area contributed by atoms with Gasteiger partial charge in [-0.3, -0.25) is 15.0 Å². The Morgan fingerprint density at radius 2 is 1.81 bits per heavy atom. The summed E-state index contributed by atoms with van der Waals surface area (Å²) in [5.74, 6) is -4.84. The lowest BCUT2D eigenvalue weighted by Crippen LogP contribution is -2.16. The maximum Gasteiger partial charge on any atom is 0.387 e. The van der Waals surface area contributed by atoms with E-state index in [9.17, 15) is 33.7 Å². The van der Waals surface area contributed by atoms with Gasteiger partial charge in [0.05, 0.1) is 28.9 Å². The van der Waals surface area contributed by atoms with Gasteiger partial charge in [0.25, 0.3) is 0 Å². The molecule has 0 saturated heterocycles. The number of phenols is 1. The van der Waals surface area contributed by atoms with E-state index in [1.807, 2.05) is 0 Å². The molecule has 0 radical (unpaired) electrons. The van der Waals surface area contributed by atoms with Crippen molar-refractivity contribution in [2.45, 2.75) is 19.0 Å². The Balaban J connectivity index is 1.94. The van der Waals surface area contributed by atoms with Crippen molar-refractivity contribution in [2.24, 2.45) is 5.73 Å². The number of rotatable bonds is 9. The number of alkyl halides is 2. The standard InChI is InChI=1S/C25H20F2N4O6/c26-25(27)37-14-3-1-2-11(6-14)15-7-13(16(24(35)36)10-20(32)33)8-17(21(15)34)23-30-18-5-4-12(22(28)29)9-19(18)31-23/h1-9,16,25,34H,10H2,(H3,28,29)(H,30,31)(H,32,33)(H,35,36). The summed E-state index contributed by atoms with van der Waals surface area (Å²) in [5, 5.41) is 37.8. The van der Waals surface area contributed by atoms with Crippen molar-refractivity contribution in [2.75, 3.05) is 0 Å². The molecule has 3 aromatic carbocycles. The highest BCUT2D eigenvalue weighted by Crippen LogP contribution is 2.42. The summed E-state index contributed by atoms with van der Waals surface area (Å²) in [6, 6.07) is 12.8. The number of ether oxygens (including phenoxy) is 1. The number of aliphatic carboxylic acids is 2. The van der Waals surface area contributed by atoms with Gasteiger partial charge in [0, 0.05) is 11.1 Å². The number of fused-ring (bicyclic) bond motifs is 1. The number of carbonyl (C=O) groups is 2. The monoisotopic (exact) mass is 510 g/mol. The second kappa shape index (κ2) is 9.93. The van der Waals surface area contributed by atoms with Crippen LogP contribution in [0.15, 0.2) is 54.6 Å². The van der Waals surface area contributed by atoms with Gasteiger partial charge >= 0.3 is 18.6 Å². The van der Waals surface area contributed by atoms with Crippen molar-refractivity contribution >= 4 is 28.8 Å². The molecule has 0 spiro atoms. The zero-order chi connectivity index (χ0) is 26.9. The molecule has 0 fully saturated rings. The molecule has 0 aliphatic rings. The van der Waals surface area contributed by atoms with E-state index in [4.69, 9.17) is 11.1 Å². The van der Waals surface area contributed by atoms with Crippen LogP contribution in [-0.2, 0) is 9.59 Å². The molecule has 7 N–H and O–H groups in total. The lowest BCUT2D eigenvalue weighted by atomic mass is 9.89. The zero-order valence-electron chi connectivity index (χ0n) is 18.9. The Labute approximate surface area is 207 Å². The van der Waals surface area contributed by atoms with Gasteiger partial charge in [-0.15, -0.1) is 0 Å². The smallest absolute Gasteiger partial charge is 0.387 e. The number of nitrogens with zero attached hydrogens (tertiary/aromatic N) is 1. The highest BCUT2D eigenvalue weighted by Gasteiger charge is 2.27. The highest BCUT2D eigenvalue weighted by atomic mass is 19.3. The third kappa shape index (κ3) is 5.32. The van der Waals surface area contributed by atoms with Crippen LogP contribution in [0.4, 0.5) is 8.78 Å². The molecular formula is C25H20F2N4O6. The van der Waals surface area contributed by atoms with Crippen molar-refractivity contribution in [3.05, 3.63) is 65.7 Å². The summed E-state index contributed by atoms with van der Waals surface area (Å²) >= 11 is 0. The van der Waals surface area contributed by atoms with E-state index >= 15 is 0 Å². The van der Waals surface area contributed by atoms with Gasteiger partial charge < -0.3 is 30.8 Å². The van der Waals surface area contributed by atoms with Crippen LogP contribution in [0.25, 0.3) is 33.5 Å². The molecule has 1 heterocycles. The number of amidine groups is 1. The van der Waals surface area contributed by atoms with Crippen LogP contribution in [0.1, 0.15) is 23.5 Å². The van der Waals surface area contributed by atoms with E-state index in [1.165, 1.54) is 36.4 Å². The largest absolute Gasteiger partial charge is 0.507 e. The van der Waals surface area contributed by atoms with Crippen molar-refractivity contribution in [3.8, 4) is 34.0 Å². The molecule has 0 amide bonds.